The van der Waals surface area contributed by atoms with Crippen LogP contribution in [-0.4, -0.2) is 30.3 Å². The van der Waals surface area contributed by atoms with Crippen molar-refractivity contribution >= 4 is 5.91 Å². The lowest BCUT2D eigenvalue weighted by Gasteiger charge is -2.35. The topological polar surface area (TPSA) is 67.8 Å². The lowest BCUT2D eigenvalue weighted by Crippen LogP contribution is -2.47. The van der Waals surface area contributed by atoms with E-state index in [1.807, 2.05) is 48.5 Å². The van der Waals surface area contributed by atoms with E-state index in [0.29, 0.717) is 26.1 Å². The highest BCUT2D eigenvalue weighted by Gasteiger charge is 2.43. The molecule has 0 radical (unpaired) electrons. The van der Waals surface area contributed by atoms with Gasteiger partial charge in [-0.15, -0.1) is 0 Å². The number of unbranched alkanes of at least 4 members (excludes halogenated alkanes) is 12. The Bertz CT molecular complexity index is 893. The molecule has 0 unspecified atom stereocenters. The standard InChI is InChI=1S/C35H53NO4/c1-3-5-7-9-11-13-15-27-39-31-21-17-29(18-22-31)35(38,33-25-26-34(37)36-33)30-19-23-32(24-20-30)40-28-16-14-12-10-8-6-4-2/h17-24,33,38H,3-16,25-28H2,1-2H3,(H,36,37)/t33-/m0/s1. The Balaban J connectivity index is 1.55. The molecule has 1 amide bonds. The van der Waals surface area contributed by atoms with E-state index in [9.17, 15) is 9.90 Å². The maximum Gasteiger partial charge on any atom is 0.220 e. The molecule has 1 aliphatic heterocycles. The van der Waals surface area contributed by atoms with Crippen LogP contribution in [0.15, 0.2) is 48.5 Å². The predicted octanol–water partition coefficient (Wildman–Crippen LogP) is 8.46. The summed E-state index contributed by atoms with van der Waals surface area (Å²) in [6.07, 6.45) is 18.6. The molecule has 5 nitrogen and oxygen atoms in total. The van der Waals surface area contributed by atoms with Gasteiger partial charge in [-0.25, -0.2) is 0 Å². The molecule has 0 aliphatic carbocycles. The Morgan fingerprint density at radius 3 is 1.45 bits per heavy atom. The lowest BCUT2D eigenvalue weighted by molar-refractivity contribution is -0.120. The third kappa shape index (κ3) is 10.1. The second-order valence-corrected chi connectivity index (χ2v) is 11.4. The summed E-state index contributed by atoms with van der Waals surface area (Å²) >= 11 is 0. The summed E-state index contributed by atoms with van der Waals surface area (Å²) in [4.78, 5) is 12.1. The van der Waals surface area contributed by atoms with Gasteiger partial charge in [-0.05, 0) is 54.7 Å². The minimum Gasteiger partial charge on any atom is -0.494 e. The molecule has 0 spiro atoms. The average Bonchev–Trinajstić information content (AvgIpc) is 3.43. The van der Waals surface area contributed by atoms with Gasteiger partial charge < -0.3 is 19.9 Å². The number of benzene rings is 2. The van der Waals surface area contributed by atoms with Gasteiger partial charge in [-0.1, -0.05) is 115 Å². The zero-order valence-electron chi connectivity index (χ0n) is 25.1. The van der Waals surface area contributed by atoms with Gasteiger partial charge in [0.2, 0.25) is 5.91 Å². The zero-order chi connectivity index (χ0) is 28.5. The molecule has 3 rings (SSSR count). The smallest absolute Gasteiger partial charge is 0.220 e. The highest BCUT2D eigenvalue weighted by molar-refractivity contribution is 5.79. The van der Waals surface area contributed by atoms with Crippen LogP contribution in [-0.2, 0) is 10.4 Å². The molecule has 0 bridgehead atoms. The quantitative estimate of drug-likeness (QED) is 0.153. The first kappa shape index (κ1) is 32.0. The Kier molecular flexibility index (Phi) is 14.4. The summed E-state index contributed by atoms with van der Waals surface area (Å²) < 4.78 is 12.0. The van der Waals surface area contributed by atoms with Gasteiger partial charge in [-0.2, -0.15) is 0 Å². The highest BCUT2D eigenvalue weighted by atomic mass is 16.5. The Labute approximate surface area is 243 Å². The van der Waals surface area contributed by atoms with Crippen molar-refractivity contribution in [3.8, 4) is 11.5 Å². The molecular weight excluding hydrogens is 498 g/mol. The summed E-state index contributed by atoms with van der Waals surface area (Å²) in [5.41, 5.74) is 0.166. The molecular formula is C35H53NO4. The van der Waals surface area contributed by atoms with Crippen molar-refractivity contribution in [2.24, 2.45) is 0 Å². The average molecular weight is 552 g/mol. The van der Waals surface area contributed by atoms with Crippen LogP contribution in [0.4, 0.5) is 0 Å². The molecule has 1 saturated heterocycles. The molecule has 1 atom stereocenters. The Hall–Kier alpha value is -2.53. The molecule has 1 aliphatic rings. The number of hydrogen-bond donors (Lipinski definition) is 2. The van der Waals surface area contributed by atoms with Gasteiger partial charge in [-0.3, -0.25) is 4.79 Å². The molecule has 222 valence electrons. The van der Waals surface area contributed by atoms with Crippen LogP contribution < -0.4 is 14.8 Å². The van der Waals surface area contributed by atoms with Crippen molar-refractivity contribution in [1.82, 2.24) is 5.32 Å². The largest absolute Gasteiger partial charge is 0.494 e. The van der Waals surface area contributed by atoms with Crippen molar-refractivity contribution in [3.05, 3.63) is 59.7 Å². The molecule has 1 fully saturated rings. The molecule has 2 aromatic carbocycles. The fourth-order valence-corrected chi connectivity index (χ4v) is 5.61. The Morgan fingerprint density at radius 2 is 1.07 bits per heavy atom. The van der Waals surface area contributed by atoms with Crippen molar-refractivity contribution in [2.75, 3.05) is 13.2 Å². The third-order valence-electron chi connectivity index (χ3n) is 8.12. The van der Waals surface area contributed by atoms with Crippen molar-refractivity contribution in [2.45, 2.75) is 128 Å². The monoisotopic (exact) mass is 551 g/mol. The second kappa shape index (κ2) is 18.0. The molecule has 5 heteroatoms. The van der Waals surface area contributed by atoms with E-state index < -0.39 is 5.60 Å². The van der Waals surface area contributed by atoms with Crippen molar-refractivity contribution in [3.63, 3.8) is 0 Å². The van der Waals surface area contributed by atoms with E-state index in [1.54, 1.807) is 0 Å². The number of hydrogen-bond acceptors (Lipinski definition) is 4. The van der Waals surface area contributed by atoms with Gasteiger partial charge >= 0.3 is 0 Å². The second-order valence-electron chi connectivity index (χ2n) is 11.4. The molecule has 40 heavy (non-hydrogen) atoms. The van der Waals surface area contributed by atoms with Crippen LogP contribution in [0.3, 0.4) is 0 Å². The van der Waals surface area contributed by atoms with Crippen LogP contribution in [0.1, 0.15) is 128 Å². The number of rotatable bonds is 21. The molecule has 2 N–H and O–H groups in total. The predicted molar refractivity (Wildman–Crippen MR) is 164 cm³/mol. The zero-order valence-corrected chi connectivity index (χ0v) is 25.1. The summed E-state index contributed by atoms with van der Waals surface area (Å²) in [7, 11) is 0. The highest BCUT2D eigenvalue weighted by Crippen LogP contribution is 2.38. The van der Waals surface area contributed by atoms with Crippen LogP contribution in [0, 0.1) is 0 Å². The maximum atomic E-state index is 12.1. The van der Waals surface area contributed by atoms with Crippen molar-refractivity contribution in [1.29, 1.82) is 0 Å². The van der Waals surface area contributed by atoms with E-state index in [2.05, 4.69) is 19.2 Å². The minimum atomic E-state index is -1.33. The molecule has 0 aromatic heterocycles. The summed E-state index contributed by atoms with van der Waals surface area (Å²) in [6.45, 7) is 5.90. The van der Waals surface area contributed by atoms with E-state index in [1.165, 1.54) is 77.0 Å². The number of carbonyl (C=O) groups excluding carboxylic acids is 1. The number of carbonyl (C=O) groups is 1. The lowest BCUT2D eigenvalue weighted by atomic mass is 9.79. The SMILES string of the molecule is CCCCCCCCCOc1ccc(C(O)(c2ccc(OCCCCCCCCC)cc2)[C@@H]2CCC(=O)N2)cc1. The normalized spacial score (nSPS) is 15.3. The molecule has 1 heterocycles. The van der Waals surface area contributed by atoms with Gasteiger partial charge in [0.25, 0.3) is 0 Å². The van der Waals surface area contributed by atoms with Gasteiger partial charge in [0, 0.05) is 6.42 Å². The minimum absolute atomic E-state index is 0.0206. The first-order valence-corrected chi connectivity index (χ1v) is 16.1. The van der Waals surface area contributed by atoms with Crippen LogP contribution in [0.2, 0.25) is 0 Å². The van der Waals surface area contributed by atoms with Gasteiger partial charge in [0.05, 0.1) is 19.3 Å². The summed E-state index contributed by atoms with van der Waals surface area (Å²) in [5, 5.41) is 15.1. The maximum absolute atomic E-state index is 12.1. The van der Waals surface area contributed by atoms with Gasteiger partial charge in [0.1, 0.15) is 17.1 Å². The number of nitrogens with one attached hydrogen (secondary N) is 1. The number of amides is 1. The van der Waals surface area contributed by atoms with Crippen molar-refractivity contribution < 1.29 is 19.4 Å². The summed E-state index contributed by atoms with van der Waals surface area (Å²) in [6, 6.07) is 15.0. The van der Waals surface area contributed by atoms with Gasteiger partial charge in [0.15, 0.2) is 0 Å². The van der Waals surface area contributed by atoms with E-state index >= 15 is 0 Å². The molecule has 2 aromatic rings. The number of aliphatic hydroxyl groups is 1. The fraction of sp³-hybridized carbons (Fsp3) is 0.629. The Morgan fingerprint density at radius 1 is 0.675 bits per heavy atom. The van der Waals surface area contributed by atoms with Crippen LogP contribution in [0.5, 0.6) is 11.5 Å². The first-order valence-electron chi connectivity index (χ1n) is 16.1. The van der Waals surface area contributed by atoms with Crippen LogP contribution in [0.25, 0.3) is 0 Å². The number of ether oxygens (including phenoxy) is 2. The van der Waals surface area contributed by atoms with Crippen LogP contribution >= 0.6 is 0 Å². The molecule has 0 saturated carbocycles. The van der Waals surface area contributed by atoms with E-state index in [4.69, 9.17) is 9.47 Å². The third-order valence-corrected chi connectivity index (χ3v) is 8.12. The fourth-order valence-electron chi connectivity index (χ4n) is 5.61. The summed E-state index contributed by atoms with van der Waals surface area (Å²) in [5.74, 6) is 1.59. The van der Waals surface area contributed by atoms with E-state index in [0.717, 1.165) is 35.5 Å². The van der Waals surface area contributed by atoms with E-state index in [-0.39, 0.29) is 11.9 Å². The first-order chi connectivity index (χ1) is 19.6.